The molecule has 0 spiro atoms. The molecule has 2 atom stereocenters. The smallest absolute Gasteiger partial charge is 0.387 e. The molecule has 0 heterocycles. The van der Waals surface area contributed by atoms with Crippen LogP contribution in [0.1, 0.15) is 25.8 Å². The second-order valence-corrected chi connectivity index (χ2v) is 5.44. The van der Waals surface area contributed by atoms with E-state index in [1.165, 1.54) is 12.1 Å². The fraction of sp³-hybridized carbons (Fsp3) is 0.500. The molecule has 4 N–H and O–H groups in total. The van der Waals surface area contributed by atoms with E-state index in [0.717, 1.165) is 5.56 Å². The zero-order valence-electron chi connectivity index (χ0n) is 13.7. The summed E-state index contributed by atoms with van der Waals surface area (Å²) in [6.07, 6.45) is 1.23. The van der Waals surface area contributed by atoms with Gasteiger partial charge in [0.25, 0.3) is 0 Å². The summed E-state index contributed by atoms with van der Waals surface area (Å²) in [6, 6.07) is 4.76. The van der Waals surface area contributed by atoms with Gasteiger partial charge in [0.15, 0.2) is 0 Å². The van der Waals surface area contributed by atoms with Gasteiger partial charge in [0.1, 0.15) is 11.8 Å². The molecule has 1 aromatic carbocycles. The number of nitrogens with one attached hydrogen (secondary N) is 2. The van der Waals surface area contributed by atoms with E-state index in [0.29, 0.717) is 19.4 Å². The van der Waals surface area contributed by atoms with Crippen LogP contribution in [0.4, 0.5) is 13.6 Å². The summed E-state index contributed by atoms with van der Waals surface area (Å²) in [7, 11) is 0. The lowest BCUT2D eigenvalue weighted by atomic mass is 9.98. The van der Waals surface area contributed by atoms with Crippen LogP contribution in [0.2, 0.25) is 0 Å². The molecule has 0 fully saturated rings. The molecule has 0 aliphatic rings. The van der Waals surface area contributed by atoms with E-state index in [-0.39, 0.29) is 17.6 Å². The molecule has 0 radical (unpaired) electrons. The van der Waals surface area contributed by atoms with Crippen LogP contribution in [0.5, 0.6) is 5.75 Å². The highest BCUT2D eigenvalue weighted by Gasteiger charge is 2.24. The molecule has 6 nitrogen and oxygen atoms in total. The number of alkyl halides is 2. The number of primary amides is 1. The van der Waals surface area contributed by atoms with Crippen molar-refractivity contribution in [3.8, 4) is 5.75 Å². The molecule has 0 bridgehead atoms. The Kier molecular flexibility index (Phi) is 7.94. The number of hydrogen-bond donors (Lipinski definition) is 3. The summed E-state index contributed by atoms with van der Waals surface area (Å²) in [5, 5.41) is 5.18. The summed E-state index contributed by atoms with van der Waals surface area (Å²) in [6.45, 7) is 1.25. The predicted octanol–water partition coefficient (Wildman–Crippen LogP) is 2.03. The molecule has 24 heavy (non-hydrogen) atoms. The van der Waals surface area contributed by atoms with Gasteiger partial charge in [-0.15, -0.1) is 0 Å². The summed E-state index contributed by atoms with van der Waals surface area (Å²) < 4.78 is 28.4. The molecular formula is C16H23F2N3O3. The van der Waals surface area contributed by atoms with Crippen molar-refractivity contribution in [2.45, 2.75) is 39.3 Å². The normalized spacial score (nSPS) is 13.2. The Labute approximate surface area is 139 Å². The Morgan fingerprint density at radius 3 is 2.38 bits per heavy atom. The second-order valence-electron chi connectivity index (χ2n) is 5.44. The average Bonchev–Trinajstić information content (AvgIpc) is 2.52. The van der Waals surface area contributed by atoms with Gasteiger partial charge in [0, 0.05) is 6.54 Å². The number of benzene rings is 1. The van der Waals surface area contributed by atoms with E-state index < -0.39 is 18.7 Å². The van der Waals surface area contributed by atoms with E-state index in [1.807, 2.05) is 13.8 Å². The number of ether oxygens (including phenoxy) is 1. The van der Waals surface area contributed by atoms with Gasteiger partial charge in [-0.05, 0) is 30.0 Å². The number of carbonyl (C=O) groups excluding carboxylic acids is 2. The van der Waals surface area contributed by atoms with E-state index >= 15 is 0 Å². The van der Waals surface area contributed by atoms with Gasteiger partial charge in [-0.3, -0.25) is 4.79 Å². The maximum absolute atomic E-state index is 12.2. The molecule has 0 aromatic heterocycles. The first-order chi connectivity index (χ1) is 11.3. The van der Waals surface area contributed by atoms with E-state index in [9.17, 15) is 18.4 Å². The van der Waals surface area contributed by atoms with E-state index in [1.54, 1.807) is 12.1 Å². The highest BCUT2D eigenvalue weighted by atomic mass is 19.3. The van der Waals surface area contributed by atoms with Crippen LogP contribution in [-0.2, 0) is 11.2 Å². The van der Waals surface area contributed by atoms with Crippen molar-refractivity contribution in [3.05, 3.63) is 29.8 Å². The SMILES string of the molecule is CCC(C)C(NC(N)=O)C(=O)NCCc1ccc(OC(F)F)cc1. The van der Waals surface area contributed by atoms with Crippen LogP contribution in [0.15, 0.2) is 24.3 Å². The van der Waals surface area contributed by atoms with Gasteiger partial charge >= 0.3 is 12.6 Å². The molecule has 0 saturated heterocycles. The van der Waals surface area contributed by atoms with Crippen molar-refractivity contribution in [2.75, 3.05) is 6.54 Å². The van der Waals surface area contributed by atoms with Crippen LogP contribution in [0, 0.1) is 5.92 Å². The molecule has 0 saturated carbocycles. The van der Waals surface area contributed by atoms with E-state index in [4.69, 9.17) is 5.73 Å². The Hall–Kier alpha value is -2.38. The van der Waals surface area contributed by atoms with Crippen LogP contribution < -0.4 is 21.1 Å². The number of amides is 3. The van der Waals surface area contributed by atoms with Gasteiger partial charge in [-0.25, -0.2) is 4.79 Å². The first-order valence-corrected chi connectivity index (χ1v) is 7.71. The minimum absolute atomic E-state index is 0.0525. The Morgan fingerprint density at radius 1 is 1.25 bits per heavy atom. The van der Waals surface area contributed by atoms with Gasteiger partial charge < -0.3 is 21.1 Å². The van der Waals surface area contributed by atoms with Gasteiger partial charge in [0.2, 0.25) is 5.91 Å². The molecule has 3 amide bonds. The number of nitrogens with two attached hydrogens (primary N) is 1. The standard InChI is InChI=1S/C16H23F2N3O3/c1-3-10(2)13(21-16(19)23)14(22)20-9-8-11-4-6-12(7-5-11)24-15(17)18/h4-7,10,13,15H,3,8-9H2,1-2H3,(H,20,22)(H3,19,21,23). The number of rotatable bonds is 9. The third-order valence-electron chi connectivity index (χ3n) is 3.65. The molecule has 0 aliphatic heterocycles. The van der Waals surface area contributed by atoms with Crippen molar-refractivity contribution in [1.29, 1.82) is 0 Å². The zero-order chi connectivity index (χ0) is 18.1. The summed E-state index contributed by atoms with van der Waals surface area (Å²) in [5.41, 5.74) is 5.96. The lowest BCUT2D eigenvalue weighted by Gasteiger charge is -2.22. The number of urea groups is 1. The van der Waals surface area contributed by atoms with Crippen molar-refractivity contribution >= 4 is 11.9 Å². The Bertz CT molecular complexity index is 538. The topological polar surface area (TPSA) is 93.5 Å². The van der Waals surface area contributed by atoms with Crippen molar-refractivity contribution in [1.82, 2.24) is 10.6 Å². The summed E-state index contributed by atoms with van der Waals surface area (Å²) in [5.74, 6) is -0.274. The third-order valence-corrected chi connectivity index (χ3v) is 3.65. The number of carbonyl (C=O) groups is 2. The highest BCUT2D eigenvalue weighted by Crippen LogP contribution is 2.15. The highest BCUT2D eigenvalue weighted by molar-refractivity contribution is 5.86. The summed E-state index contributed by atoms with van der Waals surface area (Å²) >= 11 is 0. The maximum Gasteiger partial charge on any atom is 0.387 e. The maximum atomic E-state index is 12.2. The minimum atomic E-state index is -2.86. The molecule has 2 unspecified atom stereocenters. The monoisotopic (exact) mass is 343 g/mol. The largest absolute Gasteiger partial charge is 0.435 e. The lowest BCUT2D eigenvalue weighted by molar-refractivity contribution is -0.124. The lowest BCUT2D eigenvalue weighted by Crippen LogP contribution is -2.52. The molecular weight excluding hydrogens is 320 g/mol. The van der Waals surface area contributed by atoms with Gasteiger partial charge in [-0.1, -0.05) is 32.4 Å². The van der Waals surface area contributed by atoms with Gasteiger partial charge in [-0.2, -0.15) is 8.78 Å². The van der Waals surface area contributed by atoms with Crippen molar-refractivity contribution < 1.29 is 23.1 Å². The molecule has 134 valence electrons. The Morgan fingerprint density at radius 2 is 1.88 bits per heavy atom. The fourth-order valence-electron chi connectivity index (χ4n) is 2.13. The molecule has 1 aromatic rings. The zero-order valence-corrected chi connectivity index (χ0v) is 13.7. The quantitative estimate of drug-likeness (QED) is 0.640. The molecule has 1 rings (SSSR count). The van der Waals surface area contributed by atoms with Crippen LogP contribution in [0.3, 0.4) is 0 Å². The van der Waals surface area contributed by atoms with Gasteiger partial charge in [0.05, 0.1) is 0 Å². The number of hydrogen-bond acceptors (Lipinski definition) is 3. The van der Waals surface area contributed by atoms with Crippen LogP contribution >= 0.6 is 0 Å². The fourth-order valence-corrected chi connectivity index (χ4v) is 2.13. The Balaban J connectivity index is 2.49. The minimum Gasteiger partial charge on any atom is -0.435 e. The van der Waals surface area contributed by atoms with Crippen molar-refractivity contribution in [3.63, 3.8) is 0 Å². The summed E-state index contributed by atoms with van der Waals surface area (Å²) in [4.78, 5) is 23.2. The number of halogens is 2. The van der Waals surface area contributed by atoms with Crippen LogP contribution in [0.25, 0.3) is 0 Å². The first kappa shape index (κ1) is 19.7. The third kappa shape index (κ3) is 6.80. The molecule has 0 aliphatic carbocycles. The van der Waals surface area contributed by atoms with Crippen molar-refractivity contribution in [2.24, 2.45) is 11.7 Å². The molecule has 8 heteroatoms. The van der Waals surface area contributed by atoms with E-state index in [2.05, 4.69) is 15.4 Å². The first-order valence-electron chi connectivity index (χ1n) is 7.71. The predicted molar refractivity (Wildman–Crippen MR) is 85.7 cm³/mol. The second kappa shape index (κ2) is 9.69. The van der Waals surface area contributed by atoms with Crippen LogP contribution in [-0.4, -0.2) is 31.1 Å². The average molecular weight is 343 g/mol.